The van der Waals surface area contributed by atoms with Crippen LogP contribution >= 0.6 is 0 Å². The van der Waals surface area contributed by atoms with Crippen molar-refractivity contribution in [2.75, 3.05) is 6.61 Å². The van der Waals surface area contributed by atoms with E-state index in [-0.39, 0.29) is 18.4 Å². The zero-order chi connectivity index (χ0) is 13.7. The molecule has 19 heavy (non-hydrogen) atoms. The fraction of sp³-hybridized carbons (Fsp3) is 0.429. The summed E-state index contributed by atoms with van der Waals surface area (Å²) in [7, 11) is 0. The van der Waals surface area contributed by atoms with Crippen LogP contribution in [-0.2, 0) is 20.9 Å². The Morgan fingerprint density at radius 1 is 1.05 bits per heavy atom. The lowest BCUT2D eigenvalue weighted by Gasteiger charge is -2.28. The number of ether oxygens (including phenoxy) is 1. The summed E-state index contributed by atoms with van der Waals surface area (Å²) in [5, 5.41) is 5.36. The maximum absolute atomic E-state index is 11.7. The second-order valence-electron chi connectivity index (χ2n) is 4.53. The Balaban J connectivity index is 1.80. The summed E-state index contributed by atoms with van der Waals surface area (Å²) in [6, 6.07) is 8.68. The number of amides is 2. The van der Waals surface area contributed by atoms with Crippen LogP contribution in [0.5, 0.6) is 0 Å². The summed E-state index contributed by atoms with van der Waals surface area (Å²) >= 11 is 0. The Kier molecular flexibility index (Phi) is 4.52. The molecule has 2 rings (SSSR count). The lowest BCUT2D eigenvalue weighted by Crippen LogP contribution is -2.62. The van der Waals surface area contributed by atoms with Crippen LogP contribution in [0.15, 0.2) is 30.3 Å². The van der Waals surface area contributed by atoms with Gasteiger partial charge in [0, 0.05) is 0 Å². The molecular weight excluding hydrogens is 244 g/mol. The summed E-state index contributed by atoms with van der Waals surface area (Å²) in [6.07, 6.45) is 0.592. The molecule has 1 saturated heterocycles. The molecule has 1 aliphatic heterocycles. The van der Waals surface area contributed by atoms with E-state index in [2.05, 4.69) is 10.6 Å². The molecule has 102 valence electrons. The lowest BCUT2D eigenvalue weighted by atomic mass is 10.1. The van der Waals surface area contributed by atoms with Gasteiger partial charge in [0.25, 0.3) is 0 Å². The van der Waals surface area contributed by atoms with Gasteiger partial charge >= 0.3 is 0 Å². The molecule has 2 atom stereocenters. The average molecular weight is 262 g/mol. The van der Waals surface area contributed by atoms with Crippen molar-refractivity contribution in [2.45, 2.75) is 32.0 Å². The maximum Gasteiger partial charge on any atom is 0.245 e. The molecule has 5 nitrogen and oxygen atoms in total. The van der Waals surface area contributed by atoms with Gasteiger partial charge in [-0.25, -0.2) is 0 Å². The van der Waals surface area contributed by atoms with E-state index in [9.17, 15) is 9.59 Å². The number of benzene rings is 1. The van der Waals surface area contributed by atoms with Crippen molar-refractivity contribution in [1.82, 2.24) is 10.6 Å². The Bertz CT molecular complexity index is 447. The van der Waals surface area contributed by atoms with E-state index in [1.54, 1.807) is 0 Å². The predicted molar refractivity (Wildman–Crippen MR) is 70.3 cm³/mol. The fourth-order valence-electron chi connectivity index (χ4n) is 1.95. The summed E-state index contributed by atoms with van der Waals surface area (Å²) in [6.45, 7) is 2.47. The van der Waals surface area contributed by atoms with Crippen LogP contribution in [0.2, 0.25) is 0 Å². The summed E-state index contributed by atoms with van der Waals surface area (Å²) in [5.41, 5.74) is 1.04. The van der Waals surface area contributed by atoms with Gasteiger partial charge in [0.2, 0.25) is 11.8 Å². The number of carbonyl (C=O) groups excluding carboxylic acids is 2. The molecular formula is C14H18N2O3. The van der Waals surface area contributed by atoms with Gasteiger partial charge in [0.1, 0.15) is 12.1 Å². The Labute approximate surface area is 112 Å². The van der Waals surface area contributed by atoms with E-state index < -0.39 is 12.1 Å². The van der Waals surface area contributed by atoms with Crippen LogP contribution < -0.4 is 10.6 Å². The van der Waals surface area contributed by atoms with Gasteiger partial charge in [-0.15, -0.1) is 0 Å². The molecule has 0 unspecified atom stereocenters. The third kappa shape index (κ3) is 3.54. The van der Waals surface area contributed by atoms with Crippen molar-refractivity contribution in [3.05, 3.63) is 35.9 Å². The zero-order valence-corrected chi connectivity index (χ0v) is 10.9. The molecule has 0 aromatic heterocycles. The minimum absolute atomic E-state index is 0.143. The third-order valence-corrected chi connectivity index (χ3v) is 3.07. The highest BCUT2D eigenvalue weighted by atomic mass is 16.5. The van der Waals surface area contributed by atoms with Gasteiger partial charge < -0.3 is 15.4 Å². The molecule has 0 spiro atoms. The lowest BCUT2D eigenvalue weighted by molar-refractivity contribution is -0.138. The molecule has 1 fully saturated rings. The molecule has 5 heteroatoms. The first-order chi connectivity index (χ1) is 9.20. The van der Waals surface area contributed by atoms with Crippen LogP contribution in [0.4, 0.5) is 0 Å². The highest BCUT2D eigenvalue weighted by Crippen LogP contribution is 2.04. The fourth-order valence-corrected chi connectivity index (χ4v) is 1.95. The molecule has 1 aromatic carbocycles. The first kappa shape index (κ1) is 13.5. The Morgan fingerprint density at radius 3 is 2.37 bits per heavy atom. The van der Waals surface area contributed by atoms with Crippen molar-refractivity contribution in [2.24, 2.45) is 0 Å². The van der Waals surface area contributed by atoms with E-state index in [0.29, 0.717) is 13.0 Å². The van der Waals surface area contributed by atoms with Crippen LogP contribution in [0.3, 0.4) is 0 Å². The van der Waals surface area contributed by atoms with Crippen LogP contribution in [0.1, 0.15) is 18.9 Å². The summed E-state index contributed by atoms with van der Waals surface area (Å²) in [5.74, 6) is -0.324. The van der Waals surface area contributed by atoms with Crippen LogP contribution in [0.25, 0.3) is 0 Å². The first-order valence-electron chi connectivity index (χ1n) is 6.43. The van der Waals surface area contributed by atoms with E-state index in [1.807, 2.05) is 37.3 Å². The van der Waals surface area contributed by atoms with Gasteiger partial charge in [-0.1, -0.05) is 37.3 Å². The van der Waals surface area contributed by atoms with Crippen molar-refractivity contribution in [3.8, 4) is 0 Å². The normalized spacial score (nSPS) is 22.8. The Hall–Kier alpha value is -1.88. The van der Waals surface area contributed by atoms with E-state index >= 15 is 0 Å². The SMILES string of the molecule is CC[C@H]1NC(=O)[C@H](COCc2ccccc2)NC1=O. The topological polar surface area (TPSA) is 67.4 Å². The molecule has 1 aliphatic rings. The van der Waals surface area contributed by atoms with E-state index in [1.165, 1.54) is 0 Å². The molecule has 0 radical (unpaired) electrons. The number of rotatable bonds is 5. The van der Waals surface area contributed by atoms with E-state index in [0.717, 1.165) is 5.56 Å². The minimum Gasteiger partial charge on any atom is -0.374 e. The second-order valence-corrected chi connectivity index (χ2v) is 4.53. The van der Waals surface area contributed by atoms with Gasteiger partial charge in [-0.05, 0) is 12.0 Å². The third-order valence-electron chi connectivity index (χ3n) is 3.07. The smallest absolute Gasteiger partial charge is 0.245 e. The number of carbonyl (C=O) groups is 2. The van der Waals surface area contributed by atoms with Crippen molar-refractivity contribution < 1.29 is 14.3 Å². The zero-order valence-electron chi connectivity index (χ0n) is 10.9. The van der Waals surface area contributed by atoms with Gasteiger partial charge in [-0.2, -0.15) is 0 Å². The Morgan fingerprint density at radius 2 is 1.68 bits per heavy atom. The number of hydrogen-bond acceptors (Lipinski definition) is 3. The standard InChI is InChI=1S/C14H18N2O3/c1-2-11-13(17)16-12(14(18)15-11)9-19-8-10-6-4-3-5-7-10/h3-7,11-12H,2,8-9H2,1H3,(H,15,18)(H,16,17)/t11-,12+/m1/s1. The quantitative estimate of drug-likeness (QED) is 0.816. The van der Waals surface area contributed by atoms with Crippen molar-refractivity contribution >= 4 is 11.8 Å². The number of nitrogens with one attached hydrogen (secondary N) is 2. The summed E-state index contributed by atoms with van der Waals surface area (Å²) < 4.78 is 5.47. The molecule has 0 bridgehead atoms. The predicted octanol–water partition coefficient (Wildman–Crippen LogP) is 0.596. The highest BCUT2D eigenvalue weighted by Gasteiger charge is 2.32. The summed E-state index contributed by atoms with van der Waals surface area (Å²) in [4.78, 5) is 23.4. The first-order valence-corrected chi connectivity index (χ1v) is 6.43. The molecule has 2 N–H and O–H groups in total. The van der Waals surface area contributed by atoms with Gasteiger partial charge in [-0.3, -0.25) is 9.59 Å². The molecule has 1 heterocycles. The van der Waals surface area contributed by atoms with Gasteiger partial charge in [0.15, 0.2) is 0 Å². The molecule has 0 saturated carbocycles. The number of piperazine rings is 1. The maximum atomic E-state index is 11.7. The van der Waals surface area contributed by atoms with Crippen molar-refractivity contribution in [3.63, 3.8) is 0 Å². The van der Waals surface area contributed by atoms with Crippen LogP contribution in [0, 0.1) is 0 Å². The molecule has 1 aromatic rings. The van der Waals surface area contributed by atoms with E-state index in [4.69, 9.17) is 4.74 Å². The minimum atomic E-state index is -0.598. The molecule has 2 amide bonds. The monoisotopic (exact) mass is 262 g/mol. The molecule has 0 aliphatic carbocycles. The highest BCUT2D eigenvalue weighted by molar-refractivity contribution is 5.96. The second kappa shape index (κ2) is 6.33. The largest absolute Gasteiger partial charge is 0.374 e. The number of hydrogen-bond donors (Lipinski definition) is 2. The van der Waals surface area contributed by atoms with Crippen LogP contribution in [-0.4, -0.2) is 30.5 Å². The average Bonchev–Trinajstić information content (AvgIpc) is 2.43. The van der Waals surface area contributed by atoms with Gasteiger partial charge in [0.05, 0.1) is 13.2 Å². The van der Waals surface area contributed by atoms with Crippen molar-refractivity contribution in [1.29, 1.82) is 0 Å².